The second-order valence-electron chi connectivity index (χ2n) is 7.99. The van der Waals surface area contributed by atoms with Gasteiger partial charge in [0.2, 0.25) is 0 Å². The van der Waals surface area contributed by atoms with Crippen LogP contribution in [-0.4, -0.2) is 22.4 Å². The maximum Gasteiger partial charge on any atom is 0.137 e. The third-order valence-corrected chi connectivity index (χ3v) is 6.33. The molecule has 142 valence electrons. The highest BCUT2D eigenvalue weighted by atomic mass is 32.2. The van der Waals surface area contributed by atoms with Crippen molar-refractivity contribution in [2.75, 3.05) is 18.0 Å². The predicted octanol–water partition coefficient (Wildman–Crippen LogP) is 4.72. The zero-order valence-electron chi connectivity index (χ0n) is 16.2. The van der Waals surface area contributed by atoms with Crippen LogP contribution < -0.4 is 9.62 Å². The molecule has 1 aliphatic rings. The number of nitrogens with one attached hydrogen (secondary N) is 1. The Bertz CT molecular complexity index is 717. The highest BCUT2D eigenvalue weighted by Gasteiger charge is 2.33. The van der Waals surface area contributed by atoms with E-state index < -0.39 is 11.4 Å². The first-order chi connectivity index (χ1) is 12.4. The molecule has 0 amide bonds. The van der Waals surface area contributed by atoms with Crippen LogP contribution in [0, 0.1) is 6.92 Å². The van der Waals surface area contributed by atoms with E-state index in [9.17, 15) is 4.55 Å². The van der Waals surface area contributed by atoms with Crippen molar-refractivity contribution in [3.63, 3.8) is 0 Å². The number of benzene rings is 1. The molecular weight excluding hydrogens is 344 g/mol. The van der Waals surface area contributed by atoms with E-state index in [-0.39, 0.29) is 10.8 Å². The van der Waals surface area contributed by atoms with Gasteiger partial charge >= 0.3 is 0 Å². The fraction of sp³-hybridized carbons (Fsp3) is 0.524. The number of rotatable bonds is 5. The minimum absolute atomic E-state index is 0.234. The van der Waals surface area contributed by atoms with Crippen molar-refractivity contribution in [3.05, 3.63) is 53.5 Å². The predicted molar refractivity (Wildman–Crippen MR) is 109 cm³/mol. The first-order valence-corrected chi connectivity index (χ1v) is 10.6. The van der Waals surface area contributed by atoms with Crippen molar-refractivity contribution < 1.29 is 8.97 Å². The lowest BCUT2D eigenvalue weighted by molar-refractivity contribution is 0.447. The van der Waals surface area contributed by atoms with Crippen molar-refractivity contribution in [1.82, 2.24) is 4.72 Å². The van der Waals surface area contributed by atoms with Crippen molar-refractivity contribution >= 4 is 17.0 Å². The van der Waals surface area contributed by atoms with Crippen LogP contribution in [0.15, 0.2) is 40.8 Å². The van der Waals surface area contributed by atoms with Crippen molar-refractivity contribution in [2.45, 2.75) is 57.7 Å². The number of piperidine rings is 1. The van der Waals surface area contributed by atoms with Gasteiger partial charge in [-0.15, -0.1) is 4.72 Å². The fourth-order valence-corrected chi connectivity index (χ4v) is 4.13. The molecule has 3 rings (SSSR count). The topological polar surface area (TPSA) is 51.5 Å². The molecule has 26 heavy (non-hydrogen) atoms. The number of hydrogen-bond acceptors (Lipinski definition) is 4. The lowest BCUT2D eigenvalue weighted by Gasteiger charge is -2.33. The van der Waals surface area contributed by atoms with E-state index in [0.29, 0.717) is 0 Å². The zero-order valence-corrected chi connectivity index (χ0v) is 17.1. The van der Waals surface area contributed by atoms with Gasteiger partial charge in [-0.05, 0) is 65.2 Å². The number of para-hydroxylation sites is 1. The van der Waals surface area contributed by atoms with Crippen molar-refractivity contribution in [2.24, 2.45) is 0 Å². The summed E-state index contributed by atoms with van der Waals surface area (Å²) in [7, 11) is 0. The Morgan fingerprint density at radius 1 is 1.08 bits per heavy atom. The van der Waals surface area contributed by atoms with Crippen LogP contribution in [0.25, 0.3) is 0 Å². The van der Waals surface area contributed by atoms with Crippen LogP contribution in [0.5, 0.6) is 0 Å². The summed E-state index contributed by atoms with van der Waals surface area (Å²) in [4.78, 5) is 2.45. The van der Waals surface area contributed by atoms with E-state index in [4.69, 9.17) is 4.42 Å². The summed E-state index contributed by atoms with van der Waals surface area (Å²) in [6.45, 7) is 10.0. The second kappa shape index (κ2) is 8.07. The monoisotopic (exact) mass is 374 g/mol. The number of furan rings is 1. The van der Waals surface area contributed by atoms with E-state index >= 15 is 0 Å². The summed E-state index contributed by atoms with van der Waals surface area (Å²) in [5.74, 6) is 1.67. The van der Waals surface area contributed by atoms with Gasteiger partial charge in [-0.25, -0.2) is 0 Å². The molecule has 2 unspecified atom stereocenters. The smallest absolute Gasteiger partial charge is 0.137 e. The molecule has 2 atom stereocenters. The summed E-state index contributed by atoms with van der Waals surface area (Å²) in [6, 6.07) is 12.1. The van der Waals surface area contributed by atoms with E-state index in [0.717, 1.165) is 30.2 Å². The SMILES string of the molecule is Cc1ccc(C(N[S+]([O-])C(C)(C)C)c2ccccc2N2CCCCC2)o1. The maximum atomic E-state index is 12.9. The highest BCUT2D eigenvalue weighted by Crippen LogP contribution is 2.34. The normalized spacial score (nSPS) is 18.0. The molecule has 0 spiro atoms. The Balaban J connectivity index is 1.99. The Morgan fingerprint density at radius 3 is 2.38 bits per heavy atom. The number of nitrogens with zero attached hydrogens (tertiary/aromatic N) is 1. The standard InChI is InChI=1S/C21H30N2O2S/c1-16-12-13-19(25-16)20(22-26(24)21(2,3)4)17-10-6-7-11-18(17)23-14-8-5-9-15-23/h6-7,10-13,20,22H,5,8-9,14-15H2,1-4H3. The molecule has 1 aliphatic heterocycles. The Kier molecular flexibility index (Phi) is 6.00. The second-order valence-corrected chi connectivity index (χ2v) is 9.98. The molecule has 0 aliphatic carbocycles. The number of hydrogen-bond donors (Lipinski definition) is 1. The molecule has 4 nitrogen and oxygen atoms in total. The van der Waals surface area contributed by atoms with Gasteiger partial charge < -0.3 is 13.9 Å². The molecule has 1 N–H and O–H groups in total. The summed E-state index contributed by atoms with van der Waals surface area (Å²) in [5, 5.41) is 0. The summed E-state index contributed by atoms with van der Waals surface area (Å²) < 4.78 is 21.8. The van der Waals surface area contributed by atoms with Crippen LogP contribution in [0.4, 0.5) is 5.69 Å². The maximum absolute atomic E-state index is 12.9. The van der Waals surface area contributed by atoms with Gasteiger partial charge in [-0.3, -0.25) is 0 Å². The highest BCUT2D eigenvalue weighted by molar-refractivity contribution is 7.90. The quantitative estimate of drug-likeness (QED) is 0.770. The van der Waals surface area contributed by atoms with Gasteiger partial charge in [0, 0.05) is 35.7 Å². The first-order valence-electron chi connectivity index (χ1n) is 9.44. The number of aryl methyl sites for hydroxylation is 1. The summed E-state index contributed by atoms with van der Waals surface area (Å²) in [5.41, 5.74) is 2.34. The van der Waals surface area contributed by atoms with E-state index in [2.05, 4.69) is 27.8 Å². The van der Waals surface area contributed by atoms with Crippen molar-refractivity contribution in [3.8, 4) is 0 Å². The Hall–Kier alpha value is -1.43. The van der Waals surface area contributed by atoms with E-state index in [1.807, 2.05) is 45.9 Å². The van der Waals surface area contributed by atoms with Gasteiger partial charge in [-0.2, -0.15) is 0 Å². The first kappa shape index (κ1) is 19.3. The number of anilines is 1. The van der Waals surface area contributed by atoms with Gasteiger partial charge in [0.15, 0.2) is 0 Å². The molecule has 1 aromatic heterocycles. The Morgan fingerprint density at radius 2 is 1.77 bits per heavy atom. The van der Waals surface area contributed by atoms with E-state index in [1.165, 1.54) is 24.9 Å². The summed E-state index contributed by atoms with van der Waals surface area (Å²) >= 11 is -1.20. The summed E-state index contributed by atoms with van der Waals surface area (Å²) in [6.07, 6.45) is 3.74. The van der Waals surface area contributed by atoms with Crippen LogP contribution in [0.1, 0.15) is 63.2 Å². The minimum Gasteiger partial charge on any atom is -0.598 e. The molecule has 2 heterocycles. The van der Waals surface area contributed by atoms with Crippen LogP contribution in [-0.2, 0) is 11.4 Å². The molecule has 1 aromatic carbocycles. The fourth-order valence-electron chi connectivity index (χ4n) is 3.32. The van der Waals surface area contributed by atoms with E-state index in [1.54, 1.807) is 0 Å². The van der Waals surface area contributed by atoms with Crippen molar-refractivity contribution in [1.29, 1.82) is 0 Å². The lowest BCUT2D eigenvalue weighted by Crippen LogP contribution is -2.42. The van der Waals surface area contributed by atoms with Gasteiger partial charge in [0.1, 0.15) is 22.3 Å². The molecular formula is C21H30N2O2S. The average Bonchev–Trinajstić information content (AvgIpc) is 3.05. The molecule has 5 heteroatoms. The molecule has 1 saturated heterocycles. The lowest BCUT2D eigenvalue weighted by atomic mass is 10.0. The Labute approximate surface area is 160 Å². The van der Waals surface area contributed by atoms with Gasteiger partial charge in [-0.1, -0.05) is 18.2 Å². The average molecular weight is 375 g/mol. The molecule has 0 radical (unpaired) electrons. The van der Waals surface area contributed by atoms with Gasteiger partial charge in [0.25, 0.3) is 0 Å². The zero-order chi connectivity index (χ0) is 18.7. The van der Waals surface area contributed by atoms with Crippen LogP contribution >= 0.6 is 0 Å². The third-order valence-electron chi connectivity index (χ3n) is 4.77. The molecule has 0 saturated carbocycles. The van der Waals surface area contributed by atoms with Crippen LogP contribution in [0.2, 0.25) is 0 Å². The molecule has 2 aromatic rings. The third kappa shape index (κ3) is 4.45. The van der Waals surface area contributed by atoms with Gasteiger partial charge in [0.05, 0.1) is 0 Å². The molecule has 1 fully saturated rings. The minimum atomic E-state index is -1.20. The van der Waals surface area contributed by atoms with Crippen LogP contribution in [0.3, 0.4) is 0 Å². The molecule has 0 bridgehead atoms. The largest absolute Gasteiger partial charge is 0.598 e.